The second kappa shape index (κ2) is 7.11. The summed E-state index contributed by atoms with van der Waals surface area (Å²) in [5.74, 6) is -1.30. The van der Waals surface area contributed by atoms with Crippen LogP contribution in [0.15, 0.2) is 72.9 Å². The van der Waals surface area contributed by atoms with Gasteiger partial charge in [-0.25, -0.2) is 8.78 Å². The molecule has 4 aromatic rings. The first-order chi connectivity index (χ1) is 14.1. The lowest BCUT2D eigenvalue weighted by Crippen LogP contribution is -2.43. The Hall–Kier alpha value is -2.90. The highest BCUT2D eigenvalue weighted by molar-refractivity contribution is 6.30. The zero-order valence-electron chi connectivity index (χ0n) is 15.1. The molecular formula is C22H13ClF5NO. The lowest BCUT2D eigenvalue weighted by Gasteiger charge is -2.31. The Balaban J connectivity index is 1.87. The van der Waals surface area contributed by atoms with Crippen LogP contribution in [0.3, 0.4) is 0 Å². The van der Waals surface area contributed by atoms with Gasteiger partial charge in [-0.3, -0.25) is 0 Å². The van der Waals surface area contributed by atoms with Crippen molar-refractivity contribution in [2.45, 2.75) is 11.8 Å². The largest absolute Gasteiger partial charge is 0.425 e. The van der Waals surface area contributed by atoms with Crippen molar-refractivity contribution in [2.24, 2.45) is 0 Å². The summed E-state index contributed by atoms with van der Waals surface area (Å²) in [6.07, 6.45) is -3.47. The SMILES string of the molecule is OC(c1ccc(F)c(Cl)c1)(c1ccc2c(ccn2-c2ccc(F)cc2)c1)C(F)(F)F. The number of aliphatic hydroxyl groups is 1. The Bertz CT molecular complexity index is 1230. The number of alkyl halides is 3. The number of halogens is 6. The van der Waals surface area contributed by atoms with Crippen molar-refractivity contribution in [3.05, 3.63) is 101 Å². The van der Waals surface area contributed by atoms with Gasteiger partial charge in [0.1, 0.15) is 11.6 Å². The molecule has 1 aromatic heterocycles. The molecule has 1 heterocycles. The van der Waals surface area contributed by atoms with Gasteiger partial charge in [-0.1, -0.05) is 23.7 Å². The van der Waals surface area contributed by atoms with E-state index in [4.69, 9.17) is 11.6 Å². The molecule has 154 valence electrons. The minimum Gasteiger partial charge on any atom is -0.372 e. The van der Waals surface area contributed by atoms with Gasteiger partial charge >= 0.3 is 6.18 Å². The Morgan fingerprint density at radius 3 is 2.07 bits per heavy atom. The minimum absolute atomic E-state index is 0.411. The van der Waals surface area contributed by atoms with E-state index in [-0.39, 0.29) is 0 Å². The monoisotopic (exact) mass is 437 g/mol. The molecule has 0 spiro atoms. The highest BCUT2D eigenvalue weighted by Gasteiger charge is 2.56. The number of hydrogen-bond acceptors (Lipinski definition) is 1. The molecule has 0 aliphatic carbocycles. The maximum atomic E-state index is 14.0. The van der Waals surface area contributed by atoms with Crippen molar-refractivity contribution in [2.75, 3.05) is 0 Å². The summed E-state index contributed by atoms with van der Waals surface area (Å²) in [6, 6.07) is 13.4. The van der Waals surface area contributed by atoms with Gasteiger partial charge in [-0.15, -0.1) is 0 Å². The van der Waals surface area contributed by atoms with Crippen molar-refractivity contribution in [1.29, 1.82) is 0 Å². The average Bonchev–Trinajstić information content (AvgIpc) is 3.12. The lowest BCUT2D eigenvalue weighted by molar-refractivity contribution is -0.248. The molecule has 30 heavy (non-hydrogen) atoms. The van der Waals surface area contributed by atoms with Gasteiger partial charge in [-0.05, 0) is 65.7 Å². The lowest BCUT2D eigenvalue weighted by atomic mass is 9.85. The third-order valence-electron chi connectivity index (χ3n) is 4.96. The van der Waals surface area contributed by atoms with Crippen LogP contribution in [0.4, 0.5) is 22.0 Å². The summed E-state index contributed by atoms with van der Waals surface area (Å²) >= 11 is 5.65. The van der Waals surface area contributed by atoms with E-state index in [9.17, 15) is 27.1 Å². The van der Waals surface area contributed by atoms with E-state index in [1.54, 1.807) is 16.8 Å². The van der Waals surface area contributed by atoms with E-state index in [1.807, 2.05) is 0 Å². The van der Waals surface area contributed by atoms with Gasteiger partial charge in [-0.2, -0.15) is 13.2 Å². The second-order valence-corrected chi connectivity index (χ2v) is 7.18. The molecule has 1 atom stereocenters. The summed E-state index contributed by atoms with van der Waals surface area (Å²) in [5, 5.41) is 10.7. The maximum Gasteiger partial charge on any atom is 0.425 e. The summed E-state index contributed by atoms with van der Waals surface area (Å²) in [7, 11) is 0. The Morgan fingerprint density at radius 2 is 1.43 bits per heavy atom. The highest BCUT2D eigenvalue weighted by Crippen LogP contribution is 2.45. The van der Waals surface area contributed by atoms with Crippen LogP contribution in [-0.4, -0.2) is 15.8 Å². The van der Waals surface area contributed by atoms with Gasteiger partial charge in [0.15, 0.2) is 0 Å². The molecule has 0 amide bonds. The highest BCUT2D eigenvalue weighted by atomic mass is 35.5. The first-order valence-electron chi connectivity index (χ1n) is 8.73. The molecule has 8 heteroatoms. The standard InChI is InChI=1S/C22H13ClF5NO/c23-18-12-15(1-7-19(18)25)21(30,22(26,27)28)14-2-8-20-13(11-14)9-10-29(20)17-5-3-16(24)4-6-17/h1-12,30H. The van der Waals surface area contributed by atoms with Crippen LogP contribution in [0.25, 0.3) is 16.6 Å². The Kier molecular flexibility index (Phi) is 4.83. The van der Waals surface area contributed by atoms with Crippen LogP contribution in [-0.2, 0) is 5.60 Å². The molecule has 0 fully saturated rings. The molecule has 0 aliphatic rings. The van der Waals surface area contributed by atoms with Gasteiger partial charge in [0.05, 0.1) is 10.5 Å². The first kappa shape index (κ1) is 20.4. The summed E-state index contributed by atoms with van der Waals surface area (Å²) in [4.78, 5) is 0. The van der Waals surface area contributed by atoms with E-state index >= 15 is 0 Å². The van der Waals surface area contributed by atoms with Crippen molar-refractivity contribution in [3.8, 4) is 5.69 Å². The van der Waals surface area contributed by atoms with E-state index in [0.717, 1.165) is 24.3 Å². The van der Waals surface area contributed by atoms with Crippen molar-refractivity contribution >= 4 is 22.5 Å². The molecule has 1 N–H and O–H groups in total. The predicted molar refractivity (Wildman–Crippen MR) is 104 cm³/mol. The normalized spacial score (nSPS) is 14.1. The molecular weight excluding hydrogens is 425 g/mol. The number of fused-ring (bicyclic) bond motifs is 1. The smallest absolute Gasteiger partial charge is 0.372 e. The van der Waals surface area contributed by atoms with E-state index in [2.05, 4.69) is 0 Å². The van der Waals surface area contributed by atoms with E-state index < -0.39 is 39.6 Å². The second-order valence-electron chi connectivity index (χ2n) is 6.77. The molecule has 3 aromatic carbocycles. The third kappa shape index (κ3) is 3.24. The molecule has 0 radical (unpaired) electrons. The van der Waals surface area contributed by atoms with Gasteiger partial charge in [0.2, 0.25) is 5.60 Å². The Morgan fingerprint density at radius 1 is 0.800 bits per heavy atom. The van der Waals surface area contributed by atoms with Crippen LogP contribution < -0.4 is 0 Å². The molecule has 2 nitrogen and oxygen atoms in total. The van der Waals surface area contributed by atoms with Gasteiger partial charge in [0, 0.05) is 17.3 Å². The third-order valence-corrected chi connectivity index (χ3v) is 5.25. The molecule has 4 rings (SSSR count). The number of hydrogen-bond donors (Lipinski definition) is 1. The fourth-order valence-corrected chi connectivity index (χ4v) is 3.59. The van der Waals surface area contributed by atoms with Crippen LogP contribution in [0.1, 0.15) is 11.1 Å². The number of benzene rings is 3. The van der Waals surface area contributed by atoms with E-state index in [0.29, 0.717) is 16.6 Å². The minimum atomic E-state index is -5.10. The average molecular weight is 438 g/mol. The maximum absolute atomic E-state index is 14.0. The molecule has 1 unspecified atom stereocenters. The first-order valence-corrected chi connectivity index (χ1v) is 9.11. The Labute approximate surface area is 172 Å². The van der Waals surface area contributed by atoms with Crippen molar-refractivity contribution < 1.29 is 27.1 Å². The molecule has 0 saturated heterocycles. The van der Waals surface area contributed by atoms with Gasteiger partial charge in [0.25, 0.3) is 0 Å². The van der Waals surface area contributed by atoms with Gasteiger partial charge < -0.3 is 9.67 Å². The topological polar surface area (TPSA) is 25.2 Å². The van der Waals surface area contributed by atoms with Crippen molar-refractivity contribution in [1.82, 2.24) is 4.57 Å². The molecule has 0 saturated carbocycles. The zero-order valence-corrected chi connectivity index (χ0v) is 15.8. The number of aromatic nitrogens is 1. The van der Waals surface area contributed by atoms with E-state index in [1.165, 1.54) is 36.4 Å². The van der Waals surface area contributed by atoms with Crippen LogP contribution in [0, 0.1) is 11.6 Å². The fraction of sp³-hybridized carbons (Fsp3) is 0.0909. The van der Waals surface area contributed by atoms with Crippen molar-refractivity contribution in [3.63, 3.8) is 0 Å². The number of rotatable bonds is 3. The van der Waals surface area contributed by atoms with Crippen LogP contribution in [0.5, 0.6) is 0 Å². The zero-order chi connectivity index (χ0) is 21.7. The summed E-state index contributed by atoms with van der Waals surface area (Å²) in [5.41, 5.74) is -3.25. The van der Waals surface area contributed by atoms with Crippen LogP contribution >= 0.6 is 11.6 Å². The predicted octanol–water partition coefficient (Wildman–Crippen LogP) is 6.36. The number of nitrogens with zero attached hydrogens (tertiary/aromatic N) is 1. The fourth-order valence-electron chi connectivity index (χ4n) is 3.41. The van der Waals surface area contributed by atoms with Crippen LogP contribution in [0.2, 0.25) is 5.02 Å². The molecule has 0 aliphatic heterocycles. The molecule has 0 bridgehead atoms. The quantitative estimate of drug-likeness (QED) is 0.371. The summed E-state index contributed by atoms with van der Waals surface area (Å²) < 4.78 is 70.3. The summed E-state index contributed by atoms with van der Waals surface area (Å²) in [6.45, 7) is 0.